The molecule has 98 valence electrons. The maximum absolute atomic E-state index is 11.8. The summed E-state index contributed by atoms with van der Waals surface area (Å²) >= 11 is 8.13. The van der Waals surface area contributed by atoms with Gasteiger partial charge in [0.25, 0.3) is 5.91 Å². The lowest BCUT2D eigenvalue weighted by Gasteiger charge is -2.06. The van der Waals surface area contributed by atoms with Gasteiger partial charge in [-0.25, -0.2) is 0 Å². The highest BCUT2D eigenvalue weighted by Gasteiger charge is 2.19. The summed E-state index contributed by atoms with van der Waals surface area (Å²) in [7, 11) is 0. The molecule has 2 N–H and O–H groups in total. The SMILES string of the molecule is O=C(NCCCNC1CC1)c1ccc(I)c(Cl)c1. The molecule has 1 aliphatic carbocycles. The summed E-state index contributed by atoms with van der Waals surface area (Å²) < 4.78 is 0.958. The molecule has 0 radical (unpaired) electrons. The molecule has 1 aromatic rings. The van der Waals surface area contributed by atoms with Crippen molar-refractivity contribution >= 4 is 40.1 Å². The number of carbonyl (C=O) groups excluding carboxylic acids is 1. The Morgan fingerprint density at radius 3 is 2.83 bits per heavy atom. The molecular formula is C13H16ClIN2O. The predicted octanol–water partition coefficient (Wildman–Crippen LogP) is 2.82. The molecule has 1 fully saturated rings. The molecule has 18 heavy (non-hydrogen) atoms. The summed E-state index contributed by atoms with van der Waals surface area (Å²) in [5.41, 5.74) is 0.621. The maximum atomic E-state index is 11.8. The molecule has 0 spiro atoms. The van der Waals surface area contributed by atoms with Gasteiger partial charge in [-0.3, -0.25) is 4.79 Å². The number of carbonyl (C=O) groups is 1. The Labute approximate surface area is 126 Å². The minimum atomic E-state index is -0.0558. The van der Waals surface area contributed by atoms with E-state index in [2.05, 4.69) is 33.2 Å². The van der Waals surface area contributed by atoms with Crippen LogP contribution in [0.5, 0.6) is 0 Å². The van der Waals surface area contributed by atoms with Crippen molar-refractivity contribution in [3.63, 3.8) is 0 Å². The van der Waals surface area contributed by atoms with Crippen LogP contribution in [0, 0.1) is 3.57 Å². The van der Waals surface area contributed by atoms with Crippen LogP contribution in [0.25, 0.3) is 0 Å². The van der Waals surface area contributed by atoms with Gasteiger partial charge in [-0.2, -0.15) is 0 Å². The fourth-order valence-corrected chi connectivity index (χ4v) is 2.14. The smallest absolute Gasteiger partial charge is 0.251 e. The van der Waals surface area contributed by atoms with Crippen LogP contribution in [0.1, 0.15) is 29.6 Å². The van der Waals surface area contributed by atoms with Crippen LogP contribution >= 0.6 is 34.2 Å². The minimum absolute atomic E-state index is 0.0558. The number of halogens is 2. The van der Waals surface area contributed by atoms with Gasteiger partial charge in [-0.15, -0.1) is 0 Å². The largest absolute Gasteiger partial charge is 0.352 e. The summed E-state index contributed by atoms with van der Waals surface area (Å²) in [6.07, 6.45) is 3.56. The quantitative estimate of drug-likeness (QED) is 0.590. The standard InChI is InChI=1S/C13H16ClIN2O/c14-11-8-9(2-5-12(11)15)13(18)17-7-1-6-16-10-3-4-10/h2,5,8,10,16H,1,3-4,6-7H2,(H,17,18). The number of nitrogens with one attached hydrogen (secondary N) is 2. The van der Waals surface area contributed by atoms with Crippen molar-refractivity contribution in [1.82, 2.24) is 10.6 Å². The highest BCUT2D eigenvalue weighted by atomic mass is 127. The second-order valence-corrected chi connectivity index (χ2v) is 6.04. The summed E-state index contributed by atoms with van der Waals surface area (Å²) in [5.74, 6) is -0.0558. The summed E-state index contributed by atoms with van der Waals surface area (Å²) in [5, 5.41) is 6.94. The van der Waals surface area contributed by atoms with E-state index < -0.39 is 0 Å². The van der Waals surface area contributed by atoms with Gasteiger partial charge in [0.05, 0.1) is 5.02 Å². The zero-order valence-corrected chi connectivity index (χ0v) is 12.9. The van der Waals surface area contributed by atoms with Crippen molar-refractivity contribution < 1.29 is 4.79 Å². The fourth-order valence-electron chi connectivity index (χ4n) is 1.62. The van der Waals surface area contributed by atoms with Crippen molar-refractivity contribution in [2.24, 2.45) is 0 Å². The first-order valence-corrected chi connectivity index (χ1v) is 7.59. The number of rotatable bonds is 6. The third-order valence-electron chi connectivity index (χ3n) is 2.83. The Balaban J connectivity index is 1.70. The molecule has 0 aliphatic heterocycles. The van der Waals surface area contributed by atoms with E-state index in [0.717, 1.165) is 22.6 Å². The highest BCUT2D eigenvalue weighted by Crippen LogP contribution is 2.19. The first kappa shape index (κ1) is 14.1. The Hall–Kier alpha value is -0.330. The summed E-state index contributed by atoms with van der Waals surface area (Å²) in [6.45, 7) is 1.67. The number of hydrogen-bond donors (Lipinski definition) is 2. The Morgan fingerprint density at radius 2 is 2.17 bits per heavy atom. The lowest BCUT2D eigenvalue weighted by Crippen LogP contribution is -2.27. The average Bonchev–Trinajstić information content (AvgIpc) is 3.16. The topological polar surface area (TPSA) is 41.1 Å². The Kier molecular flexibility index (Phi) is 5.26. The minimum Gasteiger partial charge on any atom is -0.352 e. The van der Waals surface area contributed by atoms with Gasteiger partial charge >= 0.3 is 0 Å². The van der Waals surface area contributed by atoms with Gasteiger partial charge in [-0.05, 0) is 66.6 Å². The van der Waals surface area contributed by atoms with Crippen molar-refractivity contribution in [3.8, 4) is 0 Å². The first-order valence-electron chi connectivity index (χ1n) is 6.13. The normalized spacial score (nSPS) is 14.6. The highest BCUT2D eigenvalue weighted by molar-refractivity contribution is 14.1. The van der Waals surface area contributed by atoms with E-state index >= 15 is 0 Å². The van der Waals surface area contributed by atoms with Gasteiger partial charge in [0.15, 0.2) is 0 Å². The van der Waals surface area contributed by atoms with E-state index in [4.69, 9.17) is 11.6 Å². The van der Waals surface area contributed by atoms with E-state index in [1.807, 2.05) is 6.07 Å². The molecule has 1 aliphatic rings. The fraction of sp³-hybridized carbons (Fsp3) is 0.462. The van der Waals surface area contributed by atoms with Gasteiger partial charge in [0.1, 0.15) is 0 Å². The monoisotopic (exact) mass is 378 g/mol. The molecular weight excluding hydrogens is 363 g/mol. The lowest BCUT2D eigenvalue weighted by molar-refractivity contribution is 0.0953. The first-order chi connectivity index (χ1) is 8.66. The molecule has 1 aromatic carbocycles. The molecule has 0 aromatic heterocycles. The molecule has 0 unspecified atom stereocenters. The van der Waals surface area contributed by atoms with Gasteiger partial charge in [0, 0.05) is 21.7 Å². The Morgan fingerprint density at radius 1 is 1.39 bits per heavy atom. The van der Waals surface area contributed by atoms with E-state index in [-0.39, 0.29) is 5.91 Å². The lowest BCUT2D eigenvalue weighted by atomic mass is 10.2. The van der Waals surface area contributed by atoms with Crippen molar-refractivity contribution in [3.05, 3.63) is 32.4 Å². The van der Waals surface area contributed by atoms with Crippen LogP contribution in [0.4, 0.5) is 0 Å². The molecule has 2 rings (SSSR count). The average molecular weight is 379 g/mol. The van der Waals surface area contributed by atoms with E-state index in [0.29, 0.717) is 17.1 Å². The van der Waals surface area contributed by atoms with Gasteiger partial charge < -0.3 is 10.6 Å². The maximum Gasteiger partial charge on any atom is 0.251 e. The van der Waals surface area contributed by atoms with Crippen LogP contribution in [0.15, 0.2) is 18.2 Å². The number of benzene rings is 1. The molecule has 1 saturated carbocycles. The van der Waals surface area contributed by atoms with Crippen LogP contribution < -0.4 is 10.6 Å². The molecule has 0 bridgehead atoms. The van der Waals surface area contributed by atoms with Crippen molar-refractivity contribution in [2.75, 3.05) is 13.1 Å². The third kappa shape index (κ3) is 4.40. The van der Waals surface area contributed by atoms with E-state index in [1.54, 1.807) is 12.1 Å². The second kappa shape index (κ2) is 6.73. The van der Waals surface area contributed by atoms with Crippen LogP contribution in [-0.2, 0) is 0 Å². The summed E-state index contributed by atoms with van der Waals surface area (Å²) in [6, 6.07) is 6.09. The van der Waals surface area contributed by atoms with E-state index in [1.165, 1.54) is 12.8 Å². The zero-order chi connectivity index (χ0) is 13.0. The predicted molar refractivity (Wildman–Crippen MR) is 82.1 cm³/mol. The molecule has 0 atom stereocenters. The van der Waals surface area contributed by atoms with E-state index in [9.17, 15) is 4.79 Å². The van der Waals surface area contributed by atoms with Gasteiger partial charge in [-0.1, -0.05) is 11.6 Å². The molecule has 0 heterocycles. The van der Waals surface area contributed by atoms with Crippen molar-refractivity contribution in [2.45, 2.75) is 25.3 Å². The number of amides is 1. The Bertz CT molecular complexity index is 435. The summed E-state index contributed by atoms with van der Waals surface area (Å²) in [4.78, 5) is 11.8. The van der Waals surface area contributed by atoms with Crippen LogP contribution in [-0.4, -0.2) is 25.0 Å². The molecule has 5 heteroatoms. The van der Waals surface area contributed by atoms with Crippen molar-refractivity contribution in [1.29, 1.82) is 0 Å². The van der Waals surface area contributed by atoms with Crippen LogP contribution in [0.2, 0.25) is 5.02 Å². The molecule has 1 amide bonds. The van der Waals surface area contributed by atoms with Crippen LogP contribution in [0.3, 0.4) is 0 Å². The molecule has 3 nitrogen and oxygen atoms in total. The zero-order valence-electron chi connectivity index (χ0n) is 10.0. The second-order valence-electron chi connectivity index (χ2n) is 4.47. The molecule has 0 saturated heterocycles. The number of hydrogen-bond acceptors (Lipinski definition) is 2. The van der Waals surface area contributed by atoms with Gasteiger partial charge in [0.2, 0.25) is 0 Å². The third-order valence-corrected chi connectivity index (χ3v) is 4.40.